The molecule has 140 valence electrons. The molecule has 0 unspecified atom stereocenters. The summed E-state index contributed by atoms with van der Waals surface area (Å²) in [6.45, 7) is 4.20. The van der Waals surface area contributed by atoms with Crippen LogP contribution >= 0.6 is 0 Å². The van der Waals surface area contributed by atoms with E-state index in [1.807, 2.05) is 53.2 Å². The number of hydrogen-bond acceptors (Lipinski definition) is 3. The lowest BCUT2D eigenvalue weighted by atomic mass is 9.89. The number of amides is 1. The molecular weight excluding hydrogens is 338 g/mol. The summed E-state index contributed by atoms with van der Waals surface area (Å²) in [5, 5.41) is 11.7. The molecule has 1 atom stereocenters. The van der Waals surface area contributed by atoms with Crippen LogP contribution in [-0.4, -0.2) is 43.9 Å². The number of rotatable bonds is 5. The van der Waals surface area contributed by atoms with E-state index in [9.17, 15) is 4.79 Å². The Morgan fingerprint density at radius 3 is 2.70 bits per heavy atom. The summed E-state index contributed by atoms with van der Waals surface area (Å²) < 4.78 is 1.83. The molecule has 1 aliphatic rings. The number of aromatic nitrogens is 4. The SMILES string of the molecule is C[C@H](Cn1cccn1)C(=O)N1CCC(c2[nH]ncc2-c2ccccc2)CC1. The summed E-state index contributed by atoms with van der Waals surface area (Å²) in [6.07, 6.45) is 7.48. The third kappa shape index (κ3) is 3.79. The van der Waals surface area contributed by atoms with Crippen LogP contribution < -0.4 is 0 Å². The van der Waals surface area contributed by atoms with Crippen LogP contribution in [0.5, 0.6) is 0 Å². The Bertz CT molecular complexity index is 863. The van der Waals surface area contributed by atoms with Gasteiger partial charge in [0.15, 0.2) is 0 Å². The van der Waals surface area contributed by atoms with Gasteiger partial charge in [0, 0.05) is 42.7 Å². The fraction of sp³-hybridized carbons (Fsp3) is 0.381. The van der Waals surface area contributed by atoms with E-state index in [0.717, 1.165) is 25.9 Å². The normalized spacial score (nSPS) is 16.4. The van der Waals surface area contributed by atoms with E-state index in [0.29, 0.717) is 12.5 Å². The molecule has 0 aliphatic carbocycles. The molecule has 2 aromatic heterocycles. The van der Waals surface area contributed by atoms with Crippen molar-refractivity contribution in [1.29, 1.82) is 0 Å². The average Bonchev–Trinajstić information content (AvgIpc) is 3.40. The van der Waals surface area contributed by atoms with Gasteiger partial charge in [-0.1, -0.05) is 37.3 Å². The number of carbonyl (C=O) groups is 1. The number of piperidine rings is 1. The van der Waals surface area contributed by atoms with E-state index in [1.165, 1.54) is 16.8 Å². The Hall–Kier alpha value is -2.89. The fourth-order valence-corrected chi connectivity index (χ4v) is 3.92. The zero-order valence-electron chi connectivity index (χ0n) is 15.6. The van der Waals surface area contributed by atoms with Gasteiger partial charge in [-0.2, -0.15) is 10.2 Å². The van der Waals surface area contributed by atoms with Gasteiger partial charge in [-0.3, -0.25) is 14.6 Å². The van der Waals surface area contributed by atoms with Crippen LogP contribution in [0.15, 0.2) is 55.0 Å². The number of H-pyrrole nitrogens is 1. The highest BCUT2D eigenvalue weighted by molar-refractivity contribution is 5.78. The van der Waals surface area contributed by atoms with Gasteiger partial charge < -0.3 is 4.90 Å². The molecule has 4 rings (SSSR count). The van der Waals surface area contributed by atoms with Crippen molar-refractivity contribution in [3.63, 3.8) is 0 Å². The van der Waals surface area contributed by atoms with E-state index in [4.69, 9.17) is 0 Å². The molecule has 3 heterocycles. The van der Waals surface area contributed by atoms with Crippen LogP contribution in [0.4, 0.5) is 0 Å². The van der Waals surface area contributed by atoms with Crippen LogP contribution in [0.1, 0.15) is 31.4 Å². The van der Waals surface area contributed by atoms with Gasteiger partial charge in [0.05, 0.1) is 18.7 Å². The van der Waals surface area contributed by atoms with E-state index >= 15 is 0 Å². The molecular formula is C21H25N5O. The number of likely N-dealkylation sites (tertiary alicyclic amines) is 1. The Balaban J connectivity index is 1.38. The number of benzene rings is 1. The predicted molar refractivity (Wildman–Crippen MR) is 104 cm³/mol. The Kier molecular flexibility index (Phi) is 5.05. The quantitative estimate of drug-likeness (QED) is 0.756. The molecule has 0 bridgehead atoms. The van der Waals surface area contributed by atoms with Gasteiger partial charge in [0.1, 0.15) is 0 Å². The minimum Gasteiger partial charge on any atom is -0.342 e. The second kappa shape index (κ2) is 7.78. The molecule has 1 saturated heterocycles. The summed E-state index contributed by atoms with van der Waals surface area (Å²) in [5.74, 6) is 0.568. The smallest absolute Gasteiger partial charge is 0.227 e. The number of aromatic amines is 1. The first-order chi connectivity index (χ1) is 13.2. The van der Waals surface area contributed by atoms with Crippen LogP contribution in [0.2, 0.25) is 0 Å². The molecule has 1 aromatic carbocycles. The molecule has 1 amide bonds. The molecule has 1 aliphatic heterocycles. The number of hydrogen-bond donors (Lipinski definition) is 1. The topological polar surface area (TPSA) is 66.8 Å². The lowest BCUT2D eigenvalue weighted by Crippen LogP contribution is -2.41. The highest BCUT2D eigenvalue weighted by atomic mass is 16.2. The molecule has 0 spiro atoms. The summed E-state index contributed by atoms with van der Waals surface area (Å²) in [7, 11) is 0. The Morgan fingerprint density at radius 2 is 2.00 bits per heavy atom. The predicted octanol–water partition coefficient (Wildman–Crippen LogP) is 3.32. The third-order valence-corrected chi connectivity index (χ3v) is 5.41. The summed E-state index contributed by atoms with van der Waals surface area (Å²) >= 11 is 0. The lowest BCUT2D eigenvalue weighted by Gasteiger charge is -2.33. The Morgan fingerprint density at radius 1 is 1.22 bits per heavy atom. The van der Waals surface area contributed by atoms with E-state index in [2.05, 4.69) is 27.4 Å². The maximum absolute atomic E-state index is 12.8. The zero-order chi connectivity index (χ0) is 18.6. The monoisotopic (exact) mass is 363 g/mol. The van der Waals surface area contributed by atoms with Gasteiger partial charge in [0.2, 0.25) is 5.91 Å². The molecule has 6 nitrogen and oxygen atoms in total. The van der Waals surface area contributed by atoms with Crippen molar-refractivity contribution >= 4 is 5.91 Å². The van der Waals surface area contributed by atoms with Crippen molar-refractivity contribution in [2.45, 2.75) is 32.2 Å². The third-order valence-electron chi connectivity index (χ3n) is 5.41. The number of carbonyl (C=O) groups excluding carboxylic acids is 1. The van der Waals surface area contributed by atoms with Crippen LogP contribution in [-0.2, 0) is 11.3 Å². The van der Waals surface area contributed by atoms with Crippen molar-refractivity contribution in [3.05, 3.63) is 60.7 Å². The molecule has 0 saturated carbocycles. The molecule has 1 N–H and O–H groups in total. The number of nitrogens with zero attached hydrogens (tertiary/aromatic N) is 4. The average molecular weight is 363 g/mol. The van der Waals surface area contributed by atoms with E-state index < -0.39 is 0 Å². The molecule has 0 radical (unpaired) electrons. The van der Waals surface area contributed by atoms with Gasteiger partial charge in [-0.25, -0.2) is 0 Å². The molecule has 3 aromatic rings. The summed E-state index contributed by atoms with van der Waals surface area (Å²) in [4.78, 5) is 14.8. The van der Waals surface area contributed by atoms with Crippen LogP contribution in [0.3, 0.4) is 0 Å². The highest BCUT2D eigenvalue weighted by Crippen LogP contribution is 2.34. The van der Waals surface area contributed by atoms with Crippen LogP contribution in [0.25, 0.3) is 11.1 Å². The first-order valence-corrected chi connectivity index (χ1v) is 9.57. The Labute approximate surface area is 159 Å². The van der Waals surface area contributed by atoms with Crippen molar-refractivity contribution in [2.75, 3.05) is 13.1 Å². The summed E-state index contributed by atoms with van der Waals surface area (Å²) in [6, 6.07) is 12.2. The van der Waals surface area contributed by atoms with E-state index in [1.54, 1.807) is 6.20 Å². The minimum atomic E-state index is -0.0616. The fourth-order valence-electron chi connectivity index (χ4n) is 3.92. The molecule has 27 heavy (non-hydrogen) atoms. The molecule has 6 heteroatoms. The van der Waals surface area contributed by atoms with Gasteiger partial charge in [0.25, 0.3) is 0 Å². The van der Waals surface area contributed by atoms with Crippen molar-refractivity contribution in [1.82, 2.24) is 24.9 Å². The number of nitrogens with one attached hydrogen (secondary N) is 1. The van der Waals surface area contributed by atoms with Gasteiger partial charge >= 0.3 is 0 Å². The largest absolute Gasteiger partial charge is 0.342 e. The van der Waals surface area contributed by atoms with Gasteiger partial charge in [-0.05, 0) is 24.5 Å². The second-order valence-corrected chi connectivity index (χ2v) is 7.29. The van der Waals surface area contributed by atoms with Gasteiger partial charge in [-0.15, -0.1) is 0 Å². The maximum atomic E-state index is 12.8. The zero-order valence-corrected chi connectivity index (χ0v) is 15.6. The highest BCUT2D eigenvalue weighted by Gasteiger charge is 2.28. The minimum absolute atomic E-state index is 0.0616. The second-order valence-electron chi connectivity index (χ2n) is 7.29. The standard InChI is InChI=1S/C21H25N5O/c1-16(15-26-11-5-10-23-26)21(27)25-12-8-18(9-13-25)20-19(14-22-24-20)17-6-3-2-4-7-17/h2-7,10-11,14,16,18H,8-9,12-13,15H2,1H3,(H,22,24)/t16-/m1/s1. The van der Waals surface area contributed by atoms with Crippen molar-refractivity contribution in [2.24, 2.45) is 5.92 Å². The van der Waals surface area contributed by atoms with Crippen molar-refractivity contribution < 1.29 is 4.79 Å². The summed E-state index contributed by atoms with van der Waals surface area (Å²) in [5.41, 5.74) is 3.55. The van der Waals surface area contributed by atoms with Crippen LogP contribution in [0, 0.1) is 5.92 Å². The molecule has 1 fully saturated rings. The first kappa shape index (κ1) is 17.5. The maximum Gasteiger partial charge on any atom is 0.227 e. The first-order valence-electron chi connectivity index (χ1n) is 9.57. The van der Waals surface area contributed by atoms with Crippen molar-refractivity contribution in [3.8, 4) is 11.1 Å². The lowest BCUT2D eigenvalue weighted by molar-refractivity contribution is -0.136. The van der Waals surface area contributed by atoms with E-state index in [-0.39, 0.29) is 11.8 Å².